The van der Waals surface area contributed by atoms with E-state index in [-0.39, 0.29) is 0 Å². The third-order valence-electron chi connectivity index (χ3n) is 1.64. The molecule has 0 aliphatic rings. The summed E-state index contributed by atoms with van der Waals surface area (Å²) in [7, 11) is 0. The highest BCUT2D eigenvalue weighted by Crippen LogP contribution is 2.25. The molecule has 0 aliphatic carbocycles. The molecule has 0 aromatic heterocycles. The quantitative estimate of drug-likeness (QED) is 0.645. The Morgan fingerprint density at radius 1 is 1.58 bits per heavy atom. The van der Waals surface area contributed by atoms with Gasteiger partial charge in [-0.15, -0.1) is 0 Å². The van der Waals surface area contributed by atoms with Crippen molar-refractivity contribution in [2.75, 3.05) is 5.73 Å². The number of hydrogen-bond acceptors (Lipinski definition) is 2. The number of rotatable bonds is 1. The molecule has 1 aromatic rings. The van der Waals surface area contributed by atoms with Crippen LogP contribution in [0.15, 0.2) is 24.3 Å². The van der Waals surface area contributed by atoms with Crippen molar-refractivity contribution < 1.29 is 4.39 Å². The van der Waals surface area contributed by atoms with Crippen molar-refractivity contribution in [3.8, 4) is 6.07 Å². The Morgan fingerprint density at radius 3 is 2.75 bits per heavy atom. The fourth-order valence-electron chi connectivity index (χ4n) is 0.895. The monoisotopic (exact) mass is 164 g/mol. The largest absolute Gasteiger partial charge is 0.399 e. The van der Waals surface area contributed by atoms with E-state index in [1.807, 2.05) is 0 Å². The summed E-state index contributed by atoms with van der Waals surface area (Å²) < 4.78 is 13.3. The maximum Gasteiger partial charge on any atom is 0.218 e. The molecule has 1 atom stereocenters. The predicted molar refractivity (Wildman–Crippen MR) is 44.9 cm³/mol. The molecule has 62 valence electrons. The number of nitrogen functional groups attached to an aromatic ring is 1. The lowest BCUT2D eigenvalue weighted by atomic mass is 9.99. The van der Waals surface area contributed by atoms with Crippen LogP contribution in [0, 0.1) is 11.3 Å². The van der Waals surface area contributed by atoms with Crippen LogP contribution < -0.4 is 5.73 Å². The van der Waals surface area contributed by atoms with Gasteiger partial charge in [-0.1, -0.05) is 12.1 Å². The maximum absolute atomic E-state index is 13.3. The SMILES string of the molecule is CC(F)(C#N)c1cccc(N)c1. The van der Waals surface area contributed by atoms with Gasteiger partial charge in [0.2, 0.25) is 5.67 Å². The summed E-state index contributed by atoms with van der Waals surface area (Å²) in [5.41, 5.74) is 4.25. The first-order valence-corrected chi connectivity index (χ1v) is 3.52. The number of nitrogens with zero attached hydrogens (tertiary/aromatic N) is 1. The molecule has 0 saturated carbocycles. The number of halogens is 1. The fraction of sp³-hybridized carbons (Fsp3) is 0.222. The molecule has 0 amide bonds. The highest BCUT2D eigenvalue weighted by Gasteiger charge is 2.24. The second-order valence-electron chi connectivity index (χ2n) is 2.74. The van der Waals surface area contributed by atoms with Crippen molar-refractivity contribution in [1.82, 2.24) is 0 Å². The van der Waals surface area contributed by atoms with Gasteiger partial charge < -0.3 is 5.73 Å². The zero-order chi connectivity index (χ0) is 9.19. The minimum absolute atomic E-state index is 0.296. The Labute approximate surface area is 70.4 Å². The summed E-state index contributed by atoms with van der Waals surface area (Å²) in [6, 6.07) is 7.84. The number of hydrogen-bond donors (Lipinski definition) is 1. The molecule has 3 heteroatoms. The molecular weight excluding hydrogens is 155 g/mol. The van der Waals surface area contributed by atoms with Gasteiger partial charge in [-0.3, -0.25) is 0 Å². The van der Waals surface area contributed by atoms with Crippen LogP contribution in [0.4, 0.5) is 10.1 Å². The molecule has 0 saturated heterocycles. The Balaban J connectivity index is 3.14. The van der Waals surface area contributed by atoms with E-state index in [2.05, 4.69) is 0 Å². The van der Waals surface area contributed by atoms with E-state index in [1.165, 1.54) is 13.0 Å². The summed E-state index contributed by atoms with van der Waals surface area (Å²) >= 11 is 0. The van der Waals surface area contributed by atoms with E-state index in [9.17, 15) is 4.39 Å². The molecule has 12 heavy (non-hydrogen) atoms. The summed E-state index contributed by atoms with van der Waals surface area (Å²) in [4.78, 5) is 0. The average Bonchev–Trinajstić information content (AvgIpc) is 2.05. The van der Waals surface area contributed by atoms with Gasteiger partial charge in [0.05, 0.1) is 0 Å². The first-order chi connectivity index (χ1) is 5.56. The van der Waals surface area contributed by atoms with Crippen molar-refractivity contribution in [3.63, 3.8) is 0 Å². The molecule has 0 spiro atoms. The Morgan fingerprint density at radius 2 is 2.25 bits per heavy atom. The van der Waals surface area contributed by atoms with Gasteiger partial charge in [0.1, 0.15) is 6.07 Å². The van der Waals surface area contributed by atoms with Crippen molar-refractivity contribution in [2.45, 2.75) is 12.6 Å². The summed E-state index contributed by atoms with van der Waals surface area (Å²) in [6.07, 6.45) is 0. The number of benzene rings is 1. The van der Waals surface area contributed by atoms with Crippen LogP contribution in [-0.2, 0) is 5.67 Å². The van der Waals surface area contributed by atoms with E-state index in [1.54, 1.807) is 24.3 Å². The summed E-state index contributed by atoms with van der Waals surface area (Å²) in [5.74, 6) is 0. The molecule has 1 unspecified atom stereocenters. The van der Waals surface area contributed by atoms with Crippen LogP contribution >= 0.6 is 0 Å². The number of anilines is 1. The zero-order valence-electron chi connectivity index (χ0n) is 6.71. The first kappa shape index (κ1) is 8.54. The van der Waals surface area contributed by atoms with Crippen molar-refractivity contribution in [1.29, 1.82) is 5.26 Å². The predicted octanol–water partition coefficient (Wildman–Crippen LogP) is 1.98. The number of nitrogens with two attached hydrogens (primary N) is 1. The third kappa shape index (κ3) is 1.54. The molecule has 0 heterocycles. The topological polar surface area (TPSA) is 49.8 Å². The van der Waals surface area contributed by atoms with Gasteiger partial charge in [0.25, 0.3) is 0 Å². The fourth-order valence-corrected chi connectivity index (χ4v) is 0.895. The van der Waals surface area contributed by atoms with Crippen LogP contribution in [0.5, 0.6) is 0 Å². The van der Waals surface area contributed by atoms with E-state index in [0.29, 0.717) is 11.3 Å². The Kier molecular flexibility index (Phi) is 2.01. The highest BCUT2D eigenvalue weighted by atomic mass is 19.1. The van der Waals surface area contributed by atoms with E-state index >= 15 is 0 Å². The van der Waals surface area contributed by atoms with Gasteiger partial charge in [0, 0.05) is 11.3 Å². The lowest BCUT2D eigenvalue weighted by molar-refractivity contribution is 0.274. The molecule has 0 bridgehead atoms. The van der Waals surface area contributed by atoms with Gasteiger partial charge in [0.15, 0.2) is 0 Å². The average molecular weight is 164 g/mol. The second-order valence-corrected chi connectivity index (χ2v) is 2.74. The molecule has 0 radical (unpaired) electrons. The second kappa shape index (κ2) is 2.82. The van der Waals surface area contributed by atoms with Crippen LogP contribution in [0.2, 0.25) is 0 Å². The van der Waals surface area contributed by atoms with Gasteiger partial charge in [-0.2, -0.15) is 5.26 Å². The Hall–Kier alpha value is -1.56. The first-order valence-electron chi connectivity index (χ1n) is 3.52. The lowest BCUT2D eigenvalue weighted by Crippen LogP contribution is -2.11. The molecule has 2 N–H and O–H groups in total. The van der Waals surface area contributed by atoms with Crippen molar-refractivity contribution >= 4 is 5.69 Å². The molecule has 2 nitrogen and oxygen atoms in total. The van der Waals surface area contributed by atoms with E-state index in [4.69, 9.17) is 11.0 Å². The molecule has 0 fully saturated rings. The number of nitriles is 1. The van der Waals surface area contributed by atoms with Crippen LogP contribution in [-0.4, -0.2) is 0 Å². The normalized spacial score (nSPS) is 14.8. The minimum atomic E-state index is -1.95. The van der Waals surface area contributed by atoms with Gasteiger partial charge in [-0.25, -0.2) is 4.39 Å². The molecular formula is C9H9FN2. The lowest BCUT2D eigenvalue weighted by Gasteiger charge is -2.11. The van der Waals surface area contributed by atoms with Gasteiger partial charge in [-0.05, 0) is 19.1 Å². The maximum atomic E-state index is 13.3. The van der Waals surface area contributed by atoms with Crippen molar-refractivity contribution in [2.24, 2.45) is 0 Å². The smallest absolute Gasteiger partial charge is 0.218 e. The molecule has 1 aromatic carbocycles. The number of alkyl halides is 1. The van der Waals surface area contributed by atoms with E-state index in [0.717, 1.165) is 0 Å². The van der Waals surface area contributed by atoms with Crippen molar-refractivity contribution in [3.05, 3.63) is 29.8 Å². The van der Waals surface area contributed by atoms with Crippen LogP contribution in [0.25, 0.3) is 0 Å². The molecule has 0 aliphatic heterocycles. The Bertz CT molecular complexity index is 326. The van der Waals surface area contributed by atoms with Gasteiger partial charge >= 0.3 is 0 Å². The zero-order valence-corrected chi connectivity index (χ0v) is 6.71. The molecule has 1 rings (SSSR count). The summed E-state index contributed by atoms with van der Waals surface area (Å²) in [6.45, 7) is 1.21. The van der Waals surface area contributed by atoms with E-state index < -0.39 is 5.67 Å². The van der Waals surface area contributed by atoms with Crippen LogP contribution in [0.1, 0.15) is 12.5 Å². The van der Waals surface area contributed by atoms with Crippen LogP contribution in [0.3, 0.4) is 0 Å². The third-order valence-corrected chi connectivity index (χ3v) is 1.64. The highest BCUT2D eigenvalue weighted by molar-refractivity contribution is 5.43. The minimum Gasteiger partial charge on any atom is -0.399 e. The summed E-state index contributed by atoms with van der Waals surface area (Å²) in [5, 5.41) is 8.47. The standard InChI is InChI=1S/C9H9FN2/c1-9(10,6-11)7-3-2-4-8(12)5-7/h2-5H,12H2,1H3.